The van der Waals surface area contributed by atoms with E-state index in [0.717, 1.165) is 5.56 Å². The second kappa shape index (κ2) is 9.87. The van der Waals surface area contributed by atoms with Crippen LogP contribution in [0.1, 0.15) is 11.1 Å². The van der Waals surface area contributed by atoms with E-state index in [1.54, 1.807) is 36.4 Å². The fraction of sp³-hybridized carbons (Fsp3) is 0.0435. The number of nitrogens with zero attached hydrogens (tertiary/aromatic N) is 1. The van der Waals surface area contributed by atoms with Gasteiger partial charge < -0.3 is 10.1 Å². The molecule has 162 valence electrons. The predicted octanol–water partition coefficient (Wildman–Crippen LogP) is 3.60. The van der Waals surface area contributed by atoms with Gasteiger partial charge in [-0.05, 0) is 65.7 Å². The van der Waals surface area contributed by atoms with Crippen LogP contribution in [0.2, 0.25) is 0 Å². The zero-order valence-electron chi connectivity index (χ0n) is 16.7. The Morgan fingerprint density at radius 3 is 2.22 bits per heavy atom. The smallest absolute Gasteiger partial charge is 0.266 e. The molecule has 0 atom stereocenters. The van der Waals surface area contributed by atoms with Crippen molar-refractivity contribution in [3.63, 3.8) is 0 Å². The highest BCUT2D eigenvalue weighted by Crippen LogP contribution is 2.18. The number of primary sulfonamides is 1. The molecule has 0 aromatic heterocycles. The van der Waals surface area contributed by atoms with E-state index in [1.165, 1.54) is 42.5 Å². The molecule has 0 spiro atoms. The number of rotatable bonds is 7. The average molecular weight is 451 g/mol. The van der Waals surface area contributed by atoms with Crippen LogP contribution in [0.15, 0.2) is 83.3 Å². The summed E-state index contributed by atoms with van der Waals surface area (Å²) in [5.74, 6) is -0.389. The van der Waals surface area contributed by atoms with Gasteiger partial charge in [0.2, 0.25) is 10.0 Å². The molecule has 3 aromatic carbocycles. The van der Waals surface area contributed by atoms with Crippen molar-refractivity contribution in [2.45, 2.75) is 11.5 Å². The standard InChI is InChI=1S/C23H18FN3O4S/c24-19-5-1-17(2-6-19)15-31-21-9-3-16(4-10-21)13-18(14-25)23(28)27-20-7-11-22(12-8-20)32(26,29)30/h1-13H,15H2,(H,27,28)(H2,26,29,30)/b18-13+. The van der Waals surface area contributed by atoms with Gasteiger partial charge in [-0.1, -0.05) is 24.3 Å². The monoisotopic (exact) mass is 451 g/mol. The van der Waals surface area contributed by atoms with E-state index in [1.807, 2.05) is 6.07 Å². The van der Waals surface area contributed by atoms with Crippen LogP contribution in [0, 0.1) is 17.1 Å². The van der Waals surface area contributed by atoms with Crippen LogP contribution < -0.4 is 15.2 Å². The lowest BCUT2D eigenvalue weighted by Crippen LogP contribution is -2.14. The van der Waals surface area contributed by atoms with Crippen molar-refractivity contribution in [1.82, 2.24) is 0 Å². The maximum absolute atomic E-state index is 12.9. The summed E-state index contributed by atoms with van der Waals surface area (Å²) in [6, 6.07) is 19.8. The molecule has 32 heavy (non-hydrogen) atoms. The second-order valence-electron chi connectivity index (χ2n) is 6.68. The van der Waals surface area contributed by atoms with Gasteiger partial charge in [-0.15, -0.1) is 0 Å². The first-order chi connectivity index (χ1) is 15.2. The van der Waals surface area contributed by atoms with Gasteiger partial charge in [0.25, 0.3) is 5.91 Å². The molecule has 3 rings (SSSR count). The van der Waals surface area contributed by atoms with Crippen LogP contribution in [0.25, 0.3) is 6.08 Å². The van der Waals surface area contributed by atoms with E-state index >= 15 is 0 Å². The molecule has 0 fully saturated rings. The topological polar surface area (TPSA) is 122 Å². The van der Waals surface area contributed by atoms with Crippen molar-refractivity contribution in [2.24, 2.45) is 5.14 Å². The van der Waals surface area contributed by atoms with E-state index in [-0.39, 0.29) is 22.9 Å². The minimum absolute atomic E-state index is 0.0896. The molecule has 0 unspecified atom stereocenters. The van der Waals surface area contributed by atoms with E-state index in [4.69, 9.17) is 9.88 Å². The van der Waals surface area contributed by atoms with Gasteiger partial charge in [0.15, 0.2) is 0 Å². The first kappa shape index (κ1) is 22.7. The van der Waals surface area contributed by atoms with E-state index in [9.17, 15) is 22.9 Å². The fourth-order valence-corrected chi connectivity index (χ4v) is 3.16. The molecule has 0 bridgehead atoms. The number of carbonyl (C=O) groups is 1. The number of nitrogens with one attached hydrogen (secondary N) is 1. The first-order valence-corrected chi connectivity index (χ1v) is 10.8. The molecule has 0 aliphatic heterocycles. The Hall–Kier alpha value is -4.00. The lowest BCUT2D eigenvalue weighted by Gasteiger charge is -2.07. The molecule has 7 nitrogen and oxygen atoms in total. The molecule has 1 amide bonds. The Kier molecular flexibility index (Phi) is 7.00. The van der Waals surface area contributed by atoms with Gasteiger partial charge in [0.1, 0.15) is 29.8 Å². The number of hydrogen-bond acceptors (Lipinski definition) is 5. The Morgan fingerprint density at radius 1 is 1.03 bits per heavy atom. The molecule has 3 N–H and O–H groups in total. The average Bonchev–Trinajstić information content (AvgIpc) is 2.77. The van der Waals surface area contributed by atoms with Crippen molar-refractivity contribution in [3.05, 3.63) is 95.3 Å². The number of anilines is 1. The van der Waals surface area contributed by atoms with Gasteiger partial charge >= 0.3 is 0 Å². The normalized spacial score (nSPS) is 11.5. The van der Waals surface area contributed by atoms with E-state index < -0.39 is 15.9 Å². The summed E-state index contributed by atoms with van der Waals surface area (Å²) in [4.78, 5) is 12.3. The zero-order chi connectivity index (χ0) is 23.1. The summed E-state index contributed by atoms with van der Waals surface area (Å²) in [6.45, 7) is 0.269. The number of nitriles is 1. The van der Waals surface area contributed by atoms with Gasteiger partial charge in [-0.2, -0.15) is 5.26 Å². The summed E-state index contributed by atoms with van der Waals surface area (Å²) in [5, 5.41) is 16.9. The van der Waals surface area contributed by atoms with Crippen molar-refractivity contribution in [3.8, 4) is 11.8 Å². The van der Waals surface area contributed by atoms with Crippen LogP contribution in [0.3, 0.4) is 0 Å². The lowest BCUT2D eigenvalue weighted by molar-refractivity contribution is -0.112. The maximum Gasteiger partial charge on any atom is 0.266 e. The molecule has 0 radical (unpaired) electrons. The number of benzene rings is 3. The number of ether oxygens (including phenoxy) is 1. The lowest BCUT2D eigenvalue weighted by atomic mass is 10.1. The van der Waals surface area contributed by atoms with Crippen LogP contribution in [0.4, 0.5) is 10.1 Å². The summed E-state index contributed by atoms with van der Waals surface area (Å²) in [6.07, 6.45) is 1.41. The van der Waals surface area contributed by atoms with Gasteiger partial charge in [-0.3, -0.25) is 4.79 Å². The summed E-state index contributed by atoms with van der Waals surface area (Å²) in [5.41, 5.74) is 1.60. The third-order valence-electron chi connectivity index (χ3n) is 4.32. The largest absolute Gasteiger partial charge is 0.489 e. The van der Waals surface area contributed by atoms with Gasteiger partial charge in [0, 0.05) is 5.69 Å². The van der Waals surface area contributed by atoms with Crippen molar-refractivity contribution >= 4 is 27.7 Å². The Labute approximate surface area is 184 Å². The van der Waals surface area contributed by atoms with E-state index in [0.29, 0.717) is 17.0 Å². The van der Waals surface area contributed by atoms with Crippen LogP contribution in [0.5, 0.6) is 5.75 Å². The number of hydrogen-bond donors (Lipinski definition) is 2. The number of carbonyl (C=O) groups excluding carboxylic acids is 1. The van der Waals surface area contributed by atoms with Gasteiger partial charge in [0.05, 0.1) is 4.90 Å². The molecule has 0 heterocycles. The Morgan fingerprint density at radius 2 is 1.66 bits per heavy atom. The van der Waals surface area contributed by atoms with Crippen LogP contribution >= 0.6 is 0 Å². The third kappa shape index (κ3) is 6.25. The molecule has 3 aromatic rings. The Bertz CT molecular complexity index is 1280. The molecule has 0 aliphatic carbocycles. The molecule has 0 aliphatic rings. The quantitative estimate of drug-likeness (QED) is 0.420. The maximum atomic E-state index is 12.9. The van der Waals surface area contributed by atoms with Crippen molar-refractivity contribution in [2.75, 3.05) is 5.32 Å². The highest BCUT2D eigenvalue weighted by molar-refractivity contribution is 7.89. The Balaban J connectivity index is 1.64. The first-order valence-electron chi connectivity index (χ1n) is 9.28. The summed E-state index contributed by atoms with van der Waals surface area (Å²) < 4.78 is 41.2. The summed E-state index contributed by atoms with van der Waals surface area (Å²) >= 11 is 0. The van der Waals surface area contributed by atoms with Crippen LogP contribution in [-0.4, -0.2) is 14.3 Å². The SMILES string of the molecule is N#C/C(=C\c1ccc(OCc2ccc(F)cc2)cc1)C(=O)Nc1ccc(S(N)(=O)=O)cc1. The number of amides is 1. The molecular weight excluding hydrogens is 433 g/mol. The highest BCUT2D eigenvalue weighted by Gasteiger charge is 2.11. The van der Waals surface area contributed by atoms with Gasteiger partial charge in [-0.25, -0.2) is 17.9 Å². The van der Waals surface area contributed by atoms with Crippen molar-refractivity contribution < 1.29 is 22.3 Å². The van der Waals surface area contributed by atoms with E-state index in [2.05, 4.69) is 5.32 Å². The minimum atomic E-state index is -3.84. The predicted molar refractivity (Wildman–Crippen MR) is 117 cm³/mol. The summed E-state index contributed by atoms with van der Waals surface area (Å²) in [7, 11) is -3.84. The molecule has 0 saturated heterocycles. The second-order valence-corrected chi connectivity index (χ2v) is 8.24. The fourth-order valence-electron chi connectivity index (χ4n) is 2.65. The third-order valence-corrected chi connectivity index (χ3v) is 5.24. The zero-order valence-corrected chi connectivity index (χ0v) is 17.5. The van der Waals surface area contributed by atoms with Crippen molar-refractivity contribution in [1.29, 1.82) is 5.26 Å². The number of sulfonamides is 1. The molecule has 9 heteroatoms. The number of nitrogens with two attached hydrogens (primary N) is 1. The molecule has 0 saturated carbocycles. The highest BCUT2D eigenvalue weighted by atomic mass is 32.2. The molecular formula is C23H18FN3O4S. The van der Waals surface area contributed by atoms with Crippen LogP contribution in [-0.2, 0) is 21.4 Å². The number of halogens is 1. The minimum Gasteiger partial charge on any atom is -0.489 e.